The van der Waals surface area contributed by atoms with Gasteiger partial charge in [0, 0.05) is 6.21 Å². The highest BCUT2D eigenvalue weighted by Gasteiger charge is 2.14. The molecule has 1 atom stereocenters. The Balaban J connectivity index is 2.24. The first-order chi connectivity index (χ1) is 12.2. The summed E-state index contributed by atoms with van der Waals surface area (Å²) in [6.07, 6.45) is 2.75. The molecule has 0 fully saturated rings. The van der Waals surface area contributed by atoms with Gasteiger partial charge in [0.1, 0.15) is 0 Å². The Morgan fingerprint density at radius 2 is 1.81 bits per heavy atom. The summed E-state index contributed by atoms with van der Waals surface area (Å²) in [7, 11) is 1.61. The van der Waals surface area contributed by atoms with Crippen LogP contribution in [-0.4, -0.2) is 19.4 Å². The molecule has 0 amide bonds. The van der Waals surface area contributed by atoms with Crippen LogP contribution in [0.1, 0.15) is 52.2 Å². The van der Waals surface area contributed by atoms with Crippen molar-refractivity contribution in [2.45, 2.75) is 52.6 Å². The second-order valence-corrected chi connectivity index (χ2v) is 7.83. The smallest absolute Gasteiger partial charge is 0.180 e. The lowest BCUT2D eigenvalue weighted by Crippen LogP contribution is -2.11. The maximum Gasteiger partial charge on any atom is 0.180 e. The zero-order chi connectivity index (χ0) is 19.3. The largest absolute Gasteiger partial charge is 0.493 e. The third-order valence-electron chi connectivity index (χ3n) is 4.24. The number of rotatable bonds is 6. The first kappa shape index (κ1) is 20.3. The van der Waals surface area contributed by atoms with E-state index < -0.39 is 0 Å². The highest BCUT2D eigenvalue weighted by molar-refractivity contribution is 6.32. The quantitative estimate of drug-likeness (QED) is 0.536. The van der Waals surface area contributed by atoms with Gasteiger partial charge in [-0.05, 0) is 54.2 Å². The van der Waals surface area contributed by atoms with E-state index in [-0.39, 0.29) is 11.5 Å². The molecule has 2 aromatic rings. The minimum Gasteiger partial charge on any atom is -0.493 e. The maximum absolute atomic E-state index is 6.40. The molecule has 0 aliphatic carbocycles. The van der Waals surface area contributed by atoms with Crippen molar-refractivity contribution in [1.29, 1.82) is 0 Å². The second kappa shape index (κ2) is 8.59. The minimum absolute atomic E-state index is 0.0715. The zero-order valence-electron chi connectivity index (χ0n) is 16.5. The molecule has 0 aliphatic heterocycles. The van der Waals surface area contributed by atoms with E-state index in [0.29, 0.717) is 16.5 Å². The molecule has 0 heterocycles. The molecule has 0 unspecified atom stereocenters. The normalized spacial score (nSPS) is 13.0. The van der Waals surface area contributed by atoms with Crippen molar-refractivity contribution in [2.75, 3.05) is 7.11 Å². The van der Waals surface area contributed by atoms with Crippen LogP contribution in [0, 0.1) is 0 Å². The summed E-state index contributed by atoms with van der Waals surface area (Å²) in [6.45, 7) is 10.7. The van der Waals surface area contributed by atoms with Gasteiger partial charge in [0.15, 0.2) is 11.5 Å². The van der Waals surface area contributed by atoms with E-state index in [9.17, 15) is 0 Å². The van der Waals surface area contributed by atoms with E-state index in [1.54, 1.807) is 13.3 Å². The van der Waals surface area contributed by atoms with Gasteiger partial charge in [-0.2, -0.15) is 0 Å². The van der Waals surface area contributed by atoms with Crippen molar-refractivity contribution in [3.05, 3.63) is 52.5 Å². The fourth-order valence-electron chi connectivity index (χ4n) is 2.41. The number of halogens is 1. The molecule has 0 spiro atoms. The number of ether oxygens (including phenoxy) is 2. The summed E-state index contributed by atoms with van der Waals surface area (Å²) >= 11 is 6.40. The van der Waals surface area contributed by atoms with Crippen LogP contribution in [-0.2, 0) is 5.41 Å². The fraction of sp³-hybridized carbons (Fsp3) is 0.409. The van der Waals surface area contributed by atoms with E-state index in [1.807, 2.05) is 31.2 Å². The summed E-state index contributed by atoms with van der Waals surface area (Å²) in [6, 6.07) is 12.0. The number of nitrogens with zero attached hydrogens (tertiary/aromatic N) is 1. The van der Waals surface area contributed by atoms with Crippen LogP contribution in [0.2, 0.25) is 5.02 Å². The number of hydrogen-bond acceptors (Lipinski definition) is 3. The van der Waals surface area contributed by atoms with E-state index in [0.717, 1.165) is 17.7 Å². The molecule has 0 aliphatic rings. The standard InChI is InChI=1S/C22H28ClNO2/c1-7-15(2)26-21-19(23)12-16(13-20(21)25-6)14-24-18-10-8-17(9-11-18)22(3,4)5/h8-15H,7H2,1-6H3/t15-/m1/s1. The minimum atomic E-state index is 0.0715. The summed E-state index contributed by atoms with van der Waals surface area (Å²) in [4.78, 5) is 4.54. The Bertz CT molecular complexity index is 761. The number of benzene rings is 2. The van der Waals surface area contributed by atoms with Crippen LogP contribution < -0.4 is 9.47 Å². The predicted molar refractivity (Wildman–Crippen MR) is 111 cm³/mol. The Hall–Kier alpha value is -2.00. The van der Waals surface area contributed by atoms with Crippen molar-refractivity contribution in [3.8, 4) is 11.5 Å². The third-order valence-corrected chi connectivity index (χ3v) is 4.52. The lowest BCUT2D eigenvalue weighted by molar-refractivity contribution is 0.208. The second-order valence-electron chi connectivity index (χ2n) is 7.43. The van der Waals surface area contributed by atoms with E-state index >= 15 is 0 Å². The molecule has 0 radical (unpaired) electrons. The number of aliphatic imine (C=N–C) groups is 1. The van der Waals surface area contributed by atoms with Gasteiger partial charge in [0.25, 0.3) is 0 Å². The van der Waals surface area contributed by atoms with Crippen LogP contribution in [0.25, 0.3) is 0 Å². The molecule has 0 N–H and O–H groups in total. The molecule has 0 aromatic heterocycles. The molecule has 2 rings (SSSR count). The Morgan fingerprint density at radius 1 is 1.15 bits per heavy atom. The molecule has 2 aromatic carbocycles. The predicted octanol–water partition coefficient (Wildman–Crippen LogP) is 6.57. The van der Waals surface area contributed by atoms with Gasteiger partial charge < -0.3 is 9.47 Å². The highest BCUT2D eigenvalue weighted by atomic mass is 35.5. The first-order valence-corrected chi connectivity index (χ1v) is 9.31. The van der Waals surface area contributed by atoms with E-state index in [1.165, 1.54) is 5.56 Å². The van der Waals surface area contributed by atoms with Crippen molar-refractivity contribution < 1.29 is 9.47 Å². The van der Waals surface area contributed by atoms with Gasteiger partial charge in [0.05, 0.1) is 23.9 Å². The number of methoxy groups -OCH3 is 1. The van der Waals surface area contributed by atoms with Crippen molar-refractivity contribution in [1.82, 2.24) is 0 Å². The molecule has 0 bridgehead atoms. The lowest BCUT2D eigenvalue weighted by atomic mass is 9.87. The Labute approximate surface area is 162 Å². The first-order valence-electron chi connectivity index (χ1n) is 8.93. The van der Waals surface area contributed by atoms with Crippen molar-refractivity contribution >= 4 is 23.5 Å². The average Bonchev–Trinajstić information content (AvgIpc) is 2.61. The van der Waals surface area contributed by atoms with Gasteiger partial charge in [-0.25, -0.2) is 0 Å². The van der Waals surface area contributed by atoms with Crippen LogP contribution in [0.3, 0.4) is 0 Å². The highest BCUT2D eigenvalue weighted by Crippen LogP contribution is 2.37. The SMILES string of the molecule is CC[C@@H](C)Oc1c(Cl)cc(C=Nc2ccc(C(C)(C)C)cc2)cc1OC. The average molecular weight is 374 g/mol. The summed E-state index contributed by atoms with van der Waals surface area (Å²) < 4.78 is 11.3. The van der Waals surface area contributed by atoms with Crippen LogP contribution in [0.4, 0.5) is 5.69 Å². The Kier molecular flexibility index (Phi) is 6.71. The van der Waals surface area contributed by atoms with E-state index in [4.69, 9.17) is 21.1 Å². The van der Waals surface area contributed by atoms with Gasteiger partial charge in [-0.15, -0.1) is 0 Å². The topological polar surface area (TPSA) is 30.8 Å². The van der Waals surface area contributed by atoms with Gasteiger partial charge in [-0.1, -0.05) is 51.4 Å². The van der Waals surface area contributed by atoms with Gasteiger partial charge in [0.2, 0.25) is 0 Å². The molecule has 26 heavy (non-hydrogen) atoms. The fourth-order valence-corrected chi connectivity index (χ4v) is 2.67. The molecular formula is C22H28ClNO2. The van der Waals surface area contributed by atoms with Crippen LogP contribution >= 0.6 is 11.6 Å². The molecule has 0 saturated heterocycles. The number of hydrogen-bond donors (Lipinski definition) is 0. The van der Waals surface area contributed by atoms with Gasteiger partial charge >= 0.3 is 0 Å². The third kappa shape index (κ3) is 5.25. The molecule has 3 nitrogen and oxygen atoms in total. The molecular weight excluding hydrogens is 346 g/mol. The zero-order valence-corrected chi connectivity index (χ0v) is 17.2. The Morgan fingerprint density at radius 3 is 2.35 bits per heavy atom. The molecule has 0 saturated carbocycles. The lowest BCUT2D eigenvalue weighted by Gasteiger charge is -2.18. The monoisotopic (exact) mass is 373 g/mol. The van der Waals surface area contributed by atoms with Crippen molar-refractivity contribution in [3.63, 3.8) is 0 Å². The maximum atomic E-state index is 6.40. The molecule has 140 valence electrons. The van der Waals surface area contributed by atoms with Gasteiger partial charge in [-0.3, -0.25) is 4.99 Å². The molecule has 4 heteroatoms. The van der Waals surface area contributed by atoms with E-state index in [2.05, 4.69) is 44.8 Å². The van der Waals surface area contributed by atoms with Crippen LogP contribution in [0.15, 0.2) is 41.4 Å². The summed E-state index contributed by atoms with van der Waals surface area (Å²) in [5.41, 5.74) is 3.18. The van der Waals surface area contributed by atoms with Crippen molar-refractivity contribution in [2.24, 2.45) is 4.99 Å². The summed E-state index contributed by atoms with van der Waals surface area (Å²) in [5.74, 6) is 1.19. The van der Waals surface area contributed by atoms with Crippen LogP contribution in [0.5, 0.6) is 11.5 Å². The summed E-state index contributed by atoms with van der Waals surface area (Å²) in [5, 5.41) is 0.522.